The average Bonchev–Trinajstić information content (AvgIpc) is 3.27. The Kier molecular flexibility index (Phi) is 7.64. The molecule has 0 spiro atoms. The second-order valence-corrected chi connectivity index (χ2v) is 9.95. The number of nitrogen functional groups attached to an aromatic ring is 1. The van der Waals surface area contributed by atoms with Crippen molar-refractivity contribution < 1.29 is 14.3 Å². The van der Waals surface area contributed by atoms with Crippen molar-refractivity contribution in [2.75, 3.05) is 26.9 Å². The summed E-state index contributed by atoms with van der Waals surface area (Å²) >= 11 is 0. The number of benzene rings is 3. The van der Waals surface area contributed by atoms with Gasteiger partial charge in [0, 0.05) is 25.7 Å². The van der Waals surface area contributed by atoms with Crippen LogP contribution in [0.15, 0.2) is 83.7 Å². The van der Waals surface area contributed by atoms with E-state index in [2.05, 4.69) is 10.1 Å². The van der Waals surface area contributed by atoms with E-state index in [-0.39, 0.29) is 18.0 Å². The summed E-state index contributed by atoms with van der Waals surface area (Å²) in [5.41, 5.74) is 12.1. The summed E-state index contributed by atoms with van der Waals surface area (Å²) in [6.07, 6.45) is 0.295. The summed E-state index contributed by atoms with van der Waals surface area (Å²) in [7, 11) is 4.79. The Morgan fingerprint density at radius 2 is 1.66 bits per heavy atom. The van der Waals surface area contributed by atoms with Gasteiger partial charge < -0.3 is 19.9 Å². The molecule has 0 radical (unpaired) electrons. The number of ether oxygens (including phenoxy) is 1. The van der Waals surface area contributed by atoms with Gasteiger partial charge in [-0.1, -0.05) is 36.4 Å². The summed E-state index contributed by atoms with van der Waals surface area (Å²) in [4.78, 5) is 42.7. The number of amides is 1. The molecule has 208 valence electrons. The number of carbonyl (C=O) groups is 2. The second kappa shape index (κ2) is 11.5. The first-order valence-corrected chi connectivity index (χ1v) is 13.0. The van der Waals surface area contributed by atoms with E-state index in [1.807, 2.05) is 53.1 Å². The fourth-order valence-corrected chi connectivity index (χ4v) is 4.62. The number of nitrogens with two attached hydrogens (primary N) is 1. The predicted molar refractivity (Wildman–Crippen MR) is 156 cm³/mol. The van der Waals surface area contributed by atoms with Crippen LogP contribution in [0.2, 0.25) is 0 Å². The number of hydrogen-bond acceptors (Lipinski definition) is 7. The largest absolute Gasteiger partial charge is 0.465 e. The molecule has 0 aliphatic heterocycles. The maximum Gasteiger partial charge on any atom is 0.337 e. The maximum atomic E-state index is 12.6. The first-order valence-electron chi connectivity index (χ1n) is 13.0. The zero-order valence-electron chi connectivity index (χ0n) is 23.1. The average molecular weight is 551 g/mol. The molecule has 2 N–H and O–H groups in total. The lowest BCUT2D eigenvalue weighted by Gasteiger charge is -2.11. The molecule has 0 atom stereocenters. The molecule has 10 heteroatoms. The number of likely N-dealkylation sites (N-methyl/N-ethyl adjacent to an activating group) is 1. The van der Waals surface area contributed by atoms with Crippen LogP contribution in [0.1, 0.15) is 27.0 Å². The Morgan fingerprint density at radius 3 is 2.41 bits per heavy atom. The molecule has 1 amide bonds. The number of hydrogen-bond donors (Lipinski definition) is 1. The number of carbonyl (C=O) groups excluding carboxylic acids is 2. The van der Waals surface area contributed by atoms with Crippen LogP contribution in [0.3, 0.4) is 0 Å². The molecule has 5 aromatic rings. The molecule has 0 bridgehead atoms. The quantitative estimate of drug-likeness (QED) is 0.294. The van der Waals surface area contributed by atoms with Gasteiger partial charge in [0.15, 0.2) is 0 Å². The van der Waals surface area contributed by atoms with Crippen molar-refractivity contribution in [3.05, 3.63) is 111 Å². The van der Waals surface area contributed by atoms with Crippen LogP contribution in [0.4, 0.5) is 5.95 Å². The third-order valence-corrected chi connectivity index (χ3v) is 6.81. The van der Waals surface area contributed by atoms with Gasteiger partial charge in [0.1, 0.15) is 0 Å². The molecular weight excluding hydrogens is 520 g/mol. The molecular formula is C31H30N6O4. The maximum absolute atomic E-state index is 12.6. The Balaban J connectivity index is 1.39. The standard InChI is InChI=1S/C31H30N6O4/c1-35(2)29(39)17-20-10-12-27-26(16-20)33-31(32)36(27)18-21-6-4-8-23(14-21)25-11-13-28(38)37(34-25)19-22-7-5-9-24(15-22)30(40)41-3/h4-16H,17-19H2,1-3H3,(H2,32,33). The van der Waals surface area contributed by atoms with Crippen LogP contribution in [0.5, 0.6) is 0 Å². The van der Waals surface area contributed by atoms with Crippen molar-refractivity contribution in [3.8, 4) is 11.3 Å². The Hall–Kier alpha value is -5.25. The molecule has 0 unspecified atom stereocenters. The monoisotopic (exact) mass is 550 g/mol. The molecule has 0 aliphatic carbocycles. The Morgan fingerprint density at radius 1 is 0.902 bits per heavy atom. The van der Waals surface area contributed by atoms with Crippen molar-refractivity contribution in [3.63, 3.8) is 0 Å². The molecule has 5 rings (SSSR count). The van der Waals surface area contributed by atoms with Crippen molar-refractivity contribution in [2.24, 2.45) is 0 Å². The molecule has 0 fully saturated rings. The predicted octanol–water partition coefficient (Wildman–Crippen LogP) is 3.36. The number of rotatable bonds is 8. The van der Waals surface area contributed by atoms with Gasteiger partial charge in [-0.25, -0.2) is 14.5 Å². The lowest BCUT2D eigenvalue weighted by atomic mass is 10.1. The number of anilines is 1. The molecule has 2 heterocycles. The molecule has 41 heavy (non-hydrogen) atoms. The van der Waals surface area contributed by atoms with Gasteiger partial charge in [-0.3, -0.25) is 9.59 Å². The number of imidazole rings is 1. The van der Waals surface area contributed by atoms with E-state index in [4.69, 9.17) is 10.5 Å². The first-order chi connectivity index (χ1) is 19.7. The highest BCUT2D eigenvalue weighted by molar-refractivity contribution is 5.89. The summed E-state index contributed by atoms with van der Waals surface area (Å²) in [5, 5.41) is 4.60. The van der Waals surface area contributed by atoms with Crippen molar-refractivity contribution in [2.45, 2.75) is 19.5 Å². The minimum atomic E-state index is -0.441. The van der Waals surface area contributed by atoms with Crippen molar-refractivity contribution in [1.29, 1.82) is 0 Å². The van der Waals surface area contributed by atoms with Crippen molar-refractivity contribution >= 4 is 28.9 Å². The lowest BCUT2D eigenvalue weighted by molar-refractivity contribution is -0.127. The first kappa shape index (κ1) is 27.3. The van der Waals surface area contributed by atoms with Crippen LogP contribution in [-0.4, -0.2) is 57.3 Å². The number of aromatic nitrogens is 4. The summed E-state index contributed by atoms with van der Waals surface area (Å²) in [6.45, 7) is 0.684. The topological polar surface area (TPSA) is 125 Å². The second-order valence-electron chi connectivity index (χ2n) is 9.95. The SMILES string of the molecule is COC(=O)c1cccc(Cn2nc(-c3cccc(Cn4c(N)nc5cc(CC(=O)N(C)C)ccc54)c3)ccc2=O)c1. The molecule has 3 aromatic carbocycles. The number of fused-ring (bicyclic) bond motifs is 1. The third kappa shape index (κ3) is 6.01. The van der Waals surface area contributed by atoms with E-state index in [9.17, 15) is 14.4 Å². The van der Waals surface area contributed by atoms with Gasteiger partial charge >= 0.3 is 5.97 Å². The van der Waals surface area contributed by atoms with E-state index < -0.39 is 5.97 Å². The fraction of sp³-hybridized carbons (Fsp3) is 0.194. The molecule has 10 nitrogen and oxygen atoms in total. The van der Waals surface area contributed by atoms with Crippen LogP contribution in [0, 0.1) is 0 Å². The molecule has 0 saturated carbocycles. The Labute approximate surface area is 236 Å². The van der Waals surface area contributed by atoms with Gasteiger partial charge in [-0.15, -0.1) is 0 Å². The molecule has 0 aliphatic rings. The van der Waals surface area contributed by atoms with E-state index in [1.54, 1.807) is 43.3 Å². The van der Waals surface area contributed by atoms with Crippen LogP contribution < -0.4 is 11.3 Å². The smallest absolute Gasteiger partial charge is 0.337 e. The number of esters is 1. The highest BCUT2D eigenvalue weighted by atomic mass is 16.5. The highest BCUT2D eigenvalue weighted by Gasteiger charge is 2.13. The third-order valence-electron chi connectivity index (χ3n) is 6.81. The van der Waals surface area contributed by atoms with Crippen LogP contribution in [0.25, 0.3) is 22.3 Å². The van der Waals surface area contributed by atoms with E-state index in [0.29, 0.717) is 30.2 Å². The van der Waals surface area contributed by atoms with Gasteiger partial charge in [0.25, 0.3) is 5.56 Å². The van der Waals surface area contributed by atoms with Gasteiger partial charge in [0.2, 0.25) is 11.9 Å². The van der Waals surface area contributed by atoms with E-state index >= 15 is 0 Å². The lowest BCUT2D eigenvalue weighted by Crippen LogP contribution is -2.23. The summed E-state index contributed by atoms with van der Waals surface area (Å²) in [5.74, 6) is -0.0468. The minimum absolute atomic E-state index is 0.0169. The fourth-order valence-electron chi connectivity index (χ4n) is 4.62. The van der Waals surface area contributed by atoms with Gasteiger partial charge in [-0.2, -0.15) is 5.10 Å². The normalized spacial score (nSPS) is 11.0. The minimum Gasteiger partial charge on any atom is -0.465 e. The summed E-state index contributed by atoms with van der Waals surface area (Å²) in [6, 6.07) is 23.7. The van der Waals surface area contributed by atoms with E-state index in [0.717, 1.165) is 33.3 Å². The van der Waals surface area contributed by atoms with Gasteiger partial charge in [0.05, 0.1) is 48.9 Å². The number of nitrogens with zero attached hydrogens (tertiary/aromatic N) is 5. The zero-order valence-corrected chi connectivity index (χ0v) is 23.1. The van der Waals surface area contributed by atoms with E-state index in [1.165, 1.54) is 17.9 Å². The molecule has 2 aromatic heterocycles. The summed E-state index contributed by atoms with van der Waals surface area (Å²) < 4.78 is 8.10. The van der Waals surface area contributed by atoms with Crippen LogP contribution in [-0.2, 0) is 29.0 Å². The van der Waals surface area contributed by atoms with Crippen LogP contribution >= 0.6 is 0 Å². The zero-order chi connectivity index (χ0) is 29.1. The molecule has 0 saturated heterocycles. The Bertz CT molecular complexity index is 1820. The van der Waals surface area contributed by atoms with Crippen molar-refractivity contribution in [1.82, 2.24) is 24.2 Å². The van der Waals surface area contributed by atoms with Gasteiger partial charge in [-0.05, 0) is 53.1 Å². The number of methoxy groups -OCH3 is 1. The highest BCUT2D eigenvalue weighted by Crippen LogP contribution is 2.23.